The lowest BCUT2D eigenvalue weighted by molar-refractivity contribution is 0.173. The molecule has 0 saturated carbocycles. The summed E-state index contributed by atoms with van der Waals surface area (Å²) in [5, 5.41) is 0. The molecule has 0 aromatic carbocycles. The Hall–Kier alpha value is -0.470. The predicted molar refractivity (Wildman–Crippen MR) is 86.3 cm³/mol. The highest BCUT2D eigenvalue weighted by Crippen LogP contribution is 2.21. The molecule has 6 heteroatoms. The number of hydrogen-bond donors (Lipinski definition) is 1. The molecule has 1 unspecified atom stereocenters. The first-order chi connectivity index (χ1) is 9.26. The van der Waals surface area contributed by atoms with Crippen LogP contribution in [0, 0.1) is 3.57 Å². The van der Waals surface area contributed by atoms with Gasteiger partial charge in [0.2, 0.25) is 0 Å². The van der Waals surface area contributed by atoms with Gasteiger partial charge >= 0.3 is 0 Å². The van der Waals surface area contributed by atoms with E-state index in [0.29, 0.717) is 6.04 Å². The monoisotopic (exact) mass is 375 g/mol. The molecule has 2 N–H and O–H groups in total. The van der Waals surface area contributed by atoms with Crippen LogP contribution in [0.5, 0.6) is 0 Å². The molecule has 0 bridgehead atoms. The number of nitrogens with two attached hydrogens (primary N) is 1. The maximum absolute atomic E-state index is 5.69. The van der Waals surface area contributed by atoms with Gasteiger partial charge in [-0.05, 0) is 42.0 Å². The maximum atomic E-state index is 5.69. The van der Waals surface area contributed by atoms with Crippen molar-refractivity contribution in [2.75, 3.05) is 37.6 Å². The van der Waals surface area contributed by atoms with Gasteiger partial charge in [0.05, 0.1) is 3.57 Å². The van der Waals surface area contributed by atoms with Crippen molar-refractivity contribution in [3.05, 3.63) is 16.1 Å². The summed E-state index contributed by atoms with van der Waals surface area (Å²) in [6.07, 6.45) is 5.79. The molecule has 1 fully saturated rings. The van der Waals surface area contributed by atoms with E-state index in [0.717, 1.165) is 48.5 Å². The third-order valence-corrected chi connectivity index (χ3v) is 4.51. The molecular formula is C13H22IN5. The van der Waals surface area contributed by atoms with E-state index in [9.17, 15) is 0 Å². The van der Waals surface area contributed by atoms with E-state index in [1.165, 1.54) is 6.42 Å². The fourth-order valence-electron chi connectivity index (χ4n) is 2.68. The molecule has 1 aliphatic rings. The Bertz CT molecular complexity index is 392. The van der Waals surface area contributed by atoms with Crippen molar-refractivity contribution in [2.45, 2.75) is 25.8 Å². The number of anilines is 1. The summed E-state index contributed by atoms with van der Waals surface area (Å²) >= 11 is 2.31. The van der Waals surface area contributed by atoms with Crippen molar-refractivity contribution < 1.29 is 0 Å². The second kappa shape index (κ2) is 7.35. The first-order valence-electron chi connectivity index (χ1n) is 6.90. The lowest BCUT2D eigenvalue weighted by atomic mass is 10.1. The lowest BCUT2D eigenvalue weighted by Crippen LogP contribution is -2.51. The molecule has 19 heavy (non-hydrogen) atoms. The van der Waals surface area contributed by atoms with Gasteiger partial charge < -0.3 is 10.6 Å². The SMILES string of the molecule is CCC(CCN)N1CCN(c2ncncc2I)CC1. The summed E-state index contributed by atoms with van der Waals surface area (Å²) in [7, 11) is 0. The van der Waals surface area contributed by atoms with Crippen molar-refractivity contribution in [2.24, 2.45) is 5.73 Å². The summed E-state index contributed by atoms with van der Waals surface area (Å²) in [5.41, 5.74) is 5.69. The van der Waals surface area contributed by atoms with Gasteiger partial charge in [-0.2, -0.15) is 0 Å². The first-order valence-corrected chi connectivity index (χ1v) is 7.98. The van der Waals surface area contributed by atoms with Crippen LogP contribution in [0.25, 0.3) is 0 Å². The number of rotatable bonds is 5. The zero-order chi connectivity index (χ0) is 13.7. The van der Waals surface area contributed by atoms with Crippen LogP contribution in [0.4, 0.5) is 5.82 Å². The molecule has 1 aliphatic heterocycles. The molecule has 5 nitrogen and oxygen atoms in total. The Kier molecular flexibility index (Phi) is 5.77. The maximum Gasteiger partial charge on any atom is 0.145 e. The molecule has 1 atom stereocenters. The first kappa shape index (κ1) is 14.9. The Morgan fingerprint density at radius 1 is 1.37 bits per heavy atom. The fraction of sp³-hybridized carbons (Fsp3) is 0.692. The topological polar surface area (TPSA) is 58.3 Å². The molecule has 1 saturated heterocycles. The van der Waals surface area contributed by atoms with Crippen molar-refractivity contribution >= 4 is 28.4 Å². The summed E-state index contributed by atoms with van der Waals surface area (Å²) in [5.74, 6) is 1.07. The minimum absolute atomic E-state index is 0.636. The number of halogens is 1. The van der Waals surface area contributed by atoms with Crippen molar-refractivity contribution in [3.63, 3.8) is 0 Å². The Labute approximate surface area is 128 Å². The van der Waals surface area contributed by atoms with Gasteiger partial charge in [0.1, 0.15) is 12.1 Å². The van der Waals surface area contributed by atoms with Crippen molar-refractivity contribution in [1.82, 2.24) is 14.9 Å². The molecule has 2 heterocycles. The van der Waals surface area contributed by atoms with Crippen LogP contribution in [0.2, 0.25) is 0 Å². The quantitative estimate of drug-likeness (QED) is 0.787. The Balaban J connectivity index is 1.94. The van der Waals surface area contributed by atoms with E-state index in [1.807, 2.05) is 6.20 Å². The number of aromatic nitrogens is 2. The van der Waals surface area contributed by atoms with Crippen LogP contribution < -0.4 is 10.6 Å². The van der Waals surface area contributed by atoms with E-state index in [4.69, 9.17) is 5.73 Å². The van der Waals surface area contributed by atoms with Gasteiger partial charge in [0, 0.05) is 38.4 Å². The third-order valence-electron chi connectivity index (χ3n) is 3.75. The smallest absolute Gasteiger partial charge is 0.145 e. The van der Waals surface area contributed by atoms with E-state index < -0.39 is 0 Å². The molecule has 0 aliphatic carbocycles. The number of piperazine rings is 1. The average molecular weight is 375 g/mol. The number of nitrogens with zero attached hydrogens (tertiary/aromatic N) is 4. The van der Waals surface area contributed by atoms with Crippen molar-refractivity contribution in [1.29, 1.82) is 0 Å². The zero-order valence-corrected chi connectivity index (χ0v) is 13.6. The van der Waals surface area contributed by atoms with Gasteiger partial charge in [-0.15, -0.1) is 0 Å². The molecule has 0 spiro atoms. The summed E-state index contributed by atoms with van der Waals surface area (Å²) in [6, 6.07) is 0.636. The molecule has 0 amide bonds. The minimum atomic E-state index is 0.636. The molecule has 0 radical (unpaired) electrons. The van der Waals surface area contributed by atoms with Crippen molar-refractivity contribution in [3.8, 4) is 0 Å². The minimum Gasteiger partial charge on any atom is -0.353 e. The summed E-state index contributed by atoms with van der Waals surface area (Å²) < 4.78 is 1.13. The fourth-order valence-corrected chi connectivity index (χ4v) is 3.32. The van der Waals surface area contributed by atoms with Crippen LogP contribution >= 0.6 is 22.6 Å². The molecule has 2 rings (SSSR count). The van der Waals surface area contributed by atoms with E-state index >= 15 is 0 Å². The van der Waals surface area contributed by atoms with Gasteiger partial charge in [0.15, 0.2) is 0 Å². The van der Waals surface area contributed by atoms with Crippen LogP contribution in [0.3, 0.4) is 0 Å². The average Bonchev–Trinajstić information content (AvgIpc) is 2.46. The number of hydrogen-bond acceptors (Lipinski definition) is 5. The second-order valence-electron chi connectivity index (χ2n) is 4.86. The van der Waals surface area contributed by atoms with Gasteiger partial charge in [-0.25, -0.2) is 9.97 Å². The van der Waals surface area contributed by atoms with Crippen LogP contribution in [0.15, 0.2) is 12.5 Å². The molecular weight excluding hydrogens is 353 g/mol. The van der Waals surface area contributed by atoms with Crippen LogP contribution in [0.1, 0.15) is 19.8 Å². The Morgan fingerprint density at radius 2 is 2.11 bits per heavy atom. The predicted octanol–water partition coefficient (Wildman–Crippen LogP) is 1.33. The standard InChI is InChI=1S/C13H22IN5/c1-2-11(3-4-15)18-5-7-19(8-6-18)13-12(14)9-16-10-17-13/h9-11H,2-8,15H2,1H3. The largest absolute Gasteiger partial charge is 0.353 e. The molecule has 1 aromatic rings. The highest BCUT2D eigenvalue weighted by molar-refractivity contribution is 14.1. The lowest BCUT2D eigenvalue weighted by Gasteiger charge is -2.39. The highest BCUT2D eigenvalue weighted by atomic mass is 127. The Morgan fingerprint density at radius 3 is 2.68 bits per heavy atom. The van der Waals surface area contributed by atoms with Gasteiger partial charge in [0.25, 0.3) is 0 Å². The molecule has 1 aromatic heterocycles. The van der Waals surface area contributed by atoms with Crippen LogP contribution in [-0.4, -0.2) is 53.6 Å². The highest BCUT2D eigenvalue weighted by Gasteiger charge is 2.23. The normalized spacial score (nSPS) is 18.6. The third kappa shape index (κ3) is 3.76. The summed E-state index contributed by atoms with van der Waals surface area (Å²) in [6.45, 7) is 7.29. The van der Waals surface area contributed by atoms with E-state index in [1.54, 1.807) is 6.33 Å². The van der Waals surface area contributed by atoms with E-state index in [-0.39, 0.29) is 0 Å². The van der Waals surface area contributed by atoms with Crippen LogP contribution in [-0.2, 0) is 0 Å². The van der Waals surface area contributed by atoms with Gasteiger partial charge in [-0.1, -0.05) is 6.92 Å². The van der Waals surface area contributed by atoms with E-state index in [2.05, 4.69) is 49.3 Å². The molecule has 106 valence electrons. The zero-order valence-electron chi connectivity index (χ0n) is 11.4. The second-order valence-corrected chi connectivity index (χ2v) is 6.02. The van der Waals surface area contributed by atoms with Gasteiger partial charge in [-0.3, -0.25) is 4.90 Å². The summed E-state index contributed by atoms with van der Waals surface area (Å²) in [4.78, 5) is 13.4.